The van der Waals surface area contributed by atoms with Crippen LogP contribution in [-0.4, -0.2) is 27.9 Å². The van der Waals surface area contributed by atoms with E-state index in [1.807, 2.05) is 36.4 Å². The first-order valence-corrected chi connectivity index (χ1v) is 10.2. The lowest BCUT2D eigenvalue weighted by molar-refractivity contribution is 0.0376. The molecule has 0 unspecified atom stereocenters. The van der Waals surface area contributed by atoms with Gasteiger partial charge in [0.05, 0.1) is 11.7 Å². The molecule has 2 N–H and O–H groups in total. The Kier molecular flexibility index (Phi) is 7.07. The third kappa shape index (κ3) is 5.51. The fraction of sp³-hybridized carbons (Fsp3) is 0.292. The smallest absolute Gasteiger partial charge is 0.340 e. The number of hydrogen-bond donors (Lipinski definition) is 2. The van der Waals surface area contributed by atoms with E-state index in [-0.39, 0.29) is 18.6 Å². The summed E-state index contributed by atoms with van der Waals surface area (Å²) in [5, 5.41) is 2.87. The lowest BCUT2D eigenvalue weighted by Gasteiger charge is -2.11. The summed E-state index contributed by atoms with van der Waals surface area (Å²) in [6.45, 7) is 7.67. The zero-order chi connectivity index (χ0) is 22.4. The molecule has 7 nitrogen and oxygen atoms in total. The van der Waals surface area contributed by atoms with Gasteiger partial charge in [-0.3, -0.25) is 4.79 Å². The molecule has 2 heterocycles. The molecule has 0 fully saturated rings. The van der Waals surface area contributed by atoms with Crippen LogP contribution in [0.4, 0.5) is 0 Å². The van der Waals surface area contributed by atoms with Gasteiger partial charge in [-0.15, -0.1) is 0 Å². The maximum absolute atomic E-state index is 12.8. The zero-order valence-electron chi connectivity index (χ0n) is 18.2. The van der Waals surface area contributed by atoms with E-state index >= 15 is 0 Å². The number of aromatic nitrogens is 2. The summed E-state index contributed by atoms with van der Waals surface area (Å²) in [4.78, 5) is 32.4. The summed E-state index contributed by atoms with van der Waals surface area (Å²) in [6, 6.07) is 13.4. The topological polar surface area (TPSA) is 93.3 Å². The van der Waals surface area contributed by atoms with E-state index in [2.05, 4.69) is 15.3 Å². The fourth-order valence-electron chi connectivity index (χ4n) is 3.23. The second-order valence-corrected chi connectivity index (χ2v) is 7.50. The molecule has 162 valence electrons. The van der Waals surface area contributed by atoms with Crippen LogP contribution in [0.2, 0.25) is 0 Å². The van der Waals surface area contributed by atoms with Crippen molar-refractivity contribution in [3.8, 4) is 5.88 Å². The predicted octanol–water partition coefficient (Wildman–Crippen LogP) is 4.10. The number of nitrogens with one attached hydrogen (secondary N) is 2. The van der Waals surface area contributed by atoms with Gasteiger partial charge in [0.15, 0.2) is 0 Å². The van der Waals surface area contributed by atoms with Gasteiger partial charge in [0.2, 0.25) is 5.88 Å². The minimum Gasteiger partial charge on any atom is -0.473 e. The van der Waals surface area contributed by atoms with Crippen LogP contribution in [-0.2, 0) is 17.9 Å². The highest BCUT2D eigenvalue weighted by molar-refractivity contribution is 6.00. The van der Waals surface area contributed by atoms with Crippen molar-refractivity contribution in [2.45, 2.75) is 47.0 Å². The highest BCUT2D eigenvalue weighted by Crippen LogP contribution is 2.21. The molecule has 3 aromatic rings. The van der Waals surface area contributed by atoms with E-state index in [0.29, 0.717) is 35.0 Å². The van der Waals surface area contributed by atoms with Crippen molar-refractivity contribution in [1.82, 2.24) is 15.3 Å². The molecule has 0 aliphatic rings. The van der Waals surface area contributed by atoms with Crippen LogP contribution in [0.1, 0.15) is 57.1 Å². The van der Waals surface area contributed by atoms with Gasteiger partial charge in [-0.25, -0.2) is 9.78 Å². The number of rotatable bonds is 8. The monoisotopic (exact) mass is 421 g/mol. The summed E-state index contributed by atoms with van der Waals surface area (Å²) in [6.07, 6.45) is 1.41. The third-order valence-electron chi connectivity index (χ3n) is 4.72. The number of amides is 1. The Morgan fingerprint density at radius 2 is 1.84 bits per heavy atom. The Balaban J connectivity index is 1.68. The van der Waals surface area contributed by atoms with Crippen molar-refractivity contribution in [1.29, 1.82) is 0 Å². The molecule has 0 radical (unpaired) electrons. The zero-order valence-corrected chi connectivity index (χ0v) is 18.2. The lowest BCUT2D eigenvalue weighted by Crippen LogP contribution is -2.24. The average Bonchev–Trinajstić information content (AvgIpc) is 3.05. The maximum Gasteiger partial charge on any atom is 0.340 e. The lowest BCUT2D eigenvalue weighted by atomic mass is 10.1. The SMILES string of the molecule is Cc1[nH]c(C(=O)NCc2cccnc2OCc2ccccc2)c(C)c1C(=O)OC(C)C. The molecule has 31 heavy (non-hydrogen) atoms. The maximum atomic E-state index is 12.8. The van der Waals surface area contributed by atoms with Crippen LogP contribution >= 0.6 is 0 Å². The average molecular weight is 421 g/mol. The first-order chi connectivity index (χ1) is 14.9. The quantitative estimate of drug-likeness (QED) is 0.534. The van der Waals surface area contributed by atoms with E-state index in [1.165, 1.54) is 0 Å². The Hall–Kier alpha value is -3.61. The molecule has 0 saturated carbocycles. The molecule has 0 bridgehead atoms. The largest absolute Gasteiger partial charge is 0.473 e. The van der Waals surface area contributed by atoms with Crippen LogP contribution in [0.15, 0.2) is 48.7 Å². The van der Waals surface area contributed by atoms with Gasteiger partial charge in [-0.1, -0.05) is 36.4 Å². The Morgan fingerprint density at radius 3 is 2.55 bits per heavy atom. The molecule has 2 aromatic heterocycles. The molecular weight excluding hydrogens is 394 g/mol. The number of carbonyl (C=O) groups excluding carboxylic acids is 2. The summed E-state index contributed by atoms with van der Waals surface area (Å²) in [7, 11) is 0. The summed E-state index contributed by atoms with van der Waals surface area (Å²) in [5.74, 6) is -0.293. The molecule has 1 amide bonds. The number of ether oxygens (including phenoxy) is 2. The van der Waals surface area contributed by atoms with E-state index in [0.717, 1.165) is 11.1 Å². The first-order valence-electron chi connectivity index (χ1n) is 10.2. The number of carbonyl (C=O) groups is 2. The van der Waals surface area contributed by atoms with E-state index < -0.39 is 5.97 Å². The molecule has 0 aliphatic heterocycles. The van der Waals surface area contributed by atoms with E-state index in [4.69, 9.17) is 9.47 Å². The van der Waals surface area contributed by atoms with Gasteiger partial charge in [-0.05, 0) is 44.9 Å². The van der Waals surface area contributed by atoms with Crippen molar-refractivity contribution in [3.05, 3.63) is 82.3 Å². The van der Waals surface area contributed by atoms with E-state index in [9.17, 15) is 9.59 Å². The predicted molar refractivity (Wildman–Crippen MR) is 117 cm³/mol. The highest BCUT2D eigenvalue weighted by atomic mass is 16.5. The number of hydrogen-bond acceptors (Lipinski definition) is 5. The number of nitrogens with zero attached hydrogens (tertiary/aromatic N) is 1. The van der Waals surface area contributed by atoms with E-state index in [1.54, 1.807) is 40.0 Å². The fourth-order valence-corrected chi connectivity index (χ4v) is 3.23. The van der Waals surface area contributed by atoms with Crippen molar-refractivity contribution in [2.24, 2.45) is 0 Å². The Labute approximate surface area is 181 Å². The van der Waals surface area contributed by atoms with Crippen LogP contribution in [0.3, 0.4) is 0 Å². The molecule has 0 atom stereocenters. The molecule has 0 saturated heterocycles. The van der Waals surface area contributed by atoms with Crippen LogP contribution in [0.5, 0.6) is 5.88 Å². The number of esters is 1. The Bertz CT molecular complexity index is 1060. The number of pyridine rings is 1. The van der Waals surface area contributed by atoms with Crippen molar-refractivity contribution in [3.63, 3.8) is 0 Å². The number of benzene rings is 1. The van der Waals surface area contributed by atoms with Crippen LogP contribution in [0.25, 0.3) is 0 Å². The third-order valence-corrected chi connectivity index (χ3v) is 4.72. The second-order valence-electron chi connectivity index (χ2n) is 7.50. The van der Waals surface area contributed by atoms with Gasteiger partial charge < -0.3 is 19.8 Å². The molecule has 0 spiro atoms. The van der Waals surface area contributed by atoms with Crippen molar-refractivity contribution < 1.29 is 19.1 Å². The van der Waals surface area contributed by atoms with Crippen molar-refractivity contribution >= 4 is 11.9 Å². The molecular formula is C24H27N3O4. The molecule has 0 aliphatic carbocycles. The second kappa shape index (κ2) is 9.93. The minimum absolute atomic E-state index is 0.236. The van der Waals surface area contributed by atoms with Gasteiger partial charge >= 0.3 is 5.97 Å². The standard InChI is InChI=1S/C24H27N3O4/c1-15(2)31-24(29)20-16(3)21(27-17(20)4)22(28)26-13-19-11-8-12-25-23(19)30-14-18-9-6-5-7-10-18/h5-12,15,27H,13-14H2,1-4H3,(H,26,28). The normalized spacial score (nSPS) is 10.7. The summed E-state index contributed by atoms with van der Waals surface area (Å²) < 4.78 is 11.1. The van der Waals surface area contributed by atoms with Gasteiger partial charge in [0.1, 0.15) is 12.3 Å². The van der Waals surface area contributed by atoms with Gasteiger partial charge in [0, 0.05) is 24.0 Å². The van der Waals surface area contributed by atoms with Crippen LogP contribution < -0.4 is 10.1 Å². The first kappa shape index (κ1) is 22.1. The van der Waals surface area contributed by atoms with Crippen LogP contribution in [0, 0.1) is 13.8 Å². The number of aromatic amines is 1. The molecule has 3 rings (SSSR count). The molecule has 7 heteroatoms. The summed E-state index contributed by atoms with van der Waals surface area (Å²) >= 11 is 0. The number of H-pyrrole nitrogens is 1. The summed E-state index contributed by atoms with van der Waals surface area (Å²) in [5.41, 5.74) is 3.68. The Morgan fingerprint density at radius 1 is 1.10 bits per heavy atom. The number of aryl methyl sites for hydroxylation is 1. The molecule has 1 aromatic carbocycles. The van der Waals surface area contributed by atoms with Gasteiger partial charge in [-0.2, -0.15) is 0 Å². The minimum atomic E-state index is -0.441. The highest BCUT2D eigenvalue weighted by Gasteiger charge is 2.23. The van der Waals surface area contributed by atoms with Crippen molar-refractivity contribution in [2.75, 3.05) is 0 Å². The van der Waals surface area contributed by atoms with Gasteiger partial charge in [0.25, 0.3) is 5.91 Å².